The largest absolute Gasteiger partial charge is 0.366 e. The molecule has 35 heavy (non-hydrogen) atoms. The van der Waals surface area contributed by atoms with Crippen molar-refractivity contribution < 1.29 is 18.8 Å². The molecule has 0 spiro atoms. The number of hydroxylamine groups is 2. The third kappa shape index (κ3) is 4.59. The summed E-state index contributed by atoms with van der Waals surface area (Å²) in [5.74, 6) is -0.961. The van der Waals surface area contributed by atoms with Crippen molar-refractivity contribution in [3.63, 3.8) is 0 Å². The molecule has 5 rings (SSSR count). The van der Waals surface area contributed by atoms with Gasteiger partial charge in [-0.25, -0.2) is 9.45 Å². The summed E-state index contributed by atoms with van der Waals surface area (Å²) < 4.78 is 15.8. The number of pyridine rings is 1. The van der Waals surface area contributed by atoms with Gasteiger partial charge in [0.1, 0.15) is 11.3 Å². The number of nitrogens with zero attached hydrogens (tertiary/aromatic N) is 5. The lowest BCUT2D eigenvalue weighted by molar-refractivity contribution is -0.183. The lowest BCUT2D eigenvalue weighted by Gasteiger charge is -2.32. The highest BCUT2D eigenvalue weighted by Gasteiger charge is 2.37. The molecular weight excluding hydrogens is 451 g/mol. The van der Waals surface area contributed by atoms with Crippen molar-refractivity contribution in [2.24, 2.45) is 17.6 Å². The number of benzene rings is 1. The molecule has 1 saturated heterocycles. The number of primary amides is 1. The van der Waals surface area contributed by atoms with Gasteiger partial charge >= 0.3 is 0 Å². The zero-order valence-electron chi connectivity index (χ0n) is 19.1. The molecule has 1 saturated carbocycles. The first-order valence-electron chi connectivity index (χ1n) is 11.7. The summed E-state index contributed by atoms with van der Waals surface area (Å²) in [6.07, 6.45) is 6.80. The highest BCUT2D eigenvalue weighted by molar-refractivity contribution is 5.95. The molecule has 9 nitrogen and oxygen atoms in total. The van der Waals surface area contributed by atoms with Crippen molar-refractivity contribution in [3.8, 4) is 6.07 Å². The van der Waals surface area contributed by atoms with Crippen LogP contribution >= 0.6 is 0 Å². The van der Waals surface area contributed by atoms with Crippen LogP contribution in [0.4, 0.5) is 4.39 Å². The Kier molecular flexibility index (Phi) is 6.17. The van der Waals surface area contributed by atoms with Crippen molar-refractivity contribution in [2.45, 2.75) is 44.7 Å². The van der Waals surface area contributed by atoms with E-state index in [1.54, 1.807) is 18.3 Å². The maximum atomic E-state index is 14.0. The summed E-state index contributed by atoms with van der Waals surface area (Å²) in [6.45, 7) is 1.04. The first-order chi connectivity index (χ1) is 16.9. The molecule has 2 aliphatic rings. The third-order valence-corrected chi connectivity index (χ3v) is 6.96. The van der Waals surface area contributed by atoms with Crippen molar-refractivity contribution in [1.82, 2.24) is 19.8 Å². The molecule has 2 aromatic heterocycles. The molecule has 2 fully saturated rings. The van der Waals surface area contributed by atoms with Crippen molar-refractivity contribution >= 4 is 22.8 Å². The summed E-state index contributed by atoms with van der Waals surface area (Å²) in [7, 11) is 0. The molecule has 0 bridgehead atoms. The number of amides is 2. The Morgan fingerprint density at radius 3 is 2.69 bits per heavy atom. The highest BCUT2D eigenvalue weighted by Crippen LogP contribution is 2.37. The van der Waals surface area contributed by atoms with E-state index in [1.807, 2.05) is 10.8 Å². The van der Waals surface area contributed by atoms with Gasteiger partial charge in [0, 0.05) is 25.1 Å². The Morgan fingerprint density at radius 2 is 1.94 bits per heavy atom. The molecule has 2 N–H and O–H groups in total. The number of halogens is 1. The number of carbonyl (C=O) groups excluding carboxylic acids is 2. The lowest BCUT2D eigenvalue weighted by Crippen LogP contribution is -2.37. The minimum atomic E-state index is -0.532. The van der Waals surface area contributed by atoms with Crippen LogP contribution in [0.25, 0.3) is 11.0 Å². The summed E-state index contributed by atoms with van der Waals surface area (Å²) >= 11 is 0. The monoisotopic (exact) mass is 476 g/mol. The van der Waals surface area contributed by atoms with Crippen LogP contribution < -0.4 is 5.73 Å². The maximum Gasteiger partial charge on any atom is 0.250 e. The highest BCUT2D eigenvalue weighted by atomic mass is 19.1. The Bertz CT molecular complexity index is 1320. The van der Waals surface area contributed by atoms with Crippen LogP contribution in [0.1, 0.15) is 59.6 Å². The second-order valence-electron chi connectivity index (χ2n) is 9.22. The number of hydrogen-bond acceptors (Lipinski definition) is 6. The molecular formula is C25H25FN6O3. The van der Waals surface area contributed by atoms with Crippen LogP contribution in [0.15, 0.2) is 36.7 Å². The predicted octanol–water partition coefficient (Wildman–Crippen LogP) is 3.25. The Hall–Kier alpha value is -3.84. The van der Waals surface area contributed by atoms with Gasteiger partial charge < -0.3 is 5.73 Å². The van der Waals surface area contributed by atoms with E-state index in [2.05, 4.69) is 10.1 Å². The fourth-order valence-corrected chi connectivity index (χ4v) is 5.11. The second kappa shape index (κ2) is 9.43. The summed E-state index contributed by atoms with van der Waals surface area (Å²) in [5.41, 5.74) is 8.00. The Labute approximate surface area is 201 Å². The molecule has 1 aromatic carbocycles. The number of nitriles is 1. The van der Waals surface area contributed by atoms with Gasteiger partial charge in [-0.3, -0.25) is 24.1 Å². The van der Waals surface area contributed by atoms with E-state index in [0.29, 0.717) is 55.0 Å². The zero-order valence-corrected chi connectivity index (χ0v) is 19.1. The van der Waals surface area contributed by atoms with Gasteiger partial charge in [0.25, 0.3) is 0 Å². The van der Waals surface area contributed by atoms with E-state index >= 15 is 0 Å². The maximum absolute atomic E-state index is 14.0. The van der Waals surface area contributed by atoms with Crippen LogP contribution in [-0.2, 0) is 16.2 Å². The Morgan fingerprint density at radius 1 is 1.14 bits per heavy atom. The van der Waals surface area contributed by atoms with Gasteiger partial charge in [-0.2, -0.15) is 10.4 Å². The summed E-state index contributed by atoms with van der Waals surface area (Å²) in [4.78, 5) is 34.7. The predicted molar refractivity (Wildman–Crippen MR) is 123 cm³/mol. The van der Waals surface area contributed by atoms with Crippen LogP contribution in [-0.4, -0.2) is 38.2 Å². The fourth-order valence-electron chi connectivity index (χ4n) is 5.11. The minimum absolute atomic E-state index is 0.0893. The van der Waals surface area contributed by atoms with Gasteiger partial charge in [0.15, 0.2) is 0 Å². The number of carbonyl (C=O) groups is 2. The molecule has 0 unspecified atom stereocenters. The van der Waals surface area contributed by atoms with Gasteiger partial charge in [-0.15, -0.1) is 0 Å². The van der Waals surface area contributed by atoms with Gasteiger partial charge in [0.2, 0.25) is 11.8 Å². The number of fused-ring (bicyclic) bond motifs is 1. The fraction of sp³-hybridized carbons (Fsp3) is 0.400. The van der Waals surface area contributed by atoms with Gasteiger partial charge in [-0.1, -0.05) is 0 Å². The van der Waals surface area contributed by atoms with Crippen LogP contribution in [0.2, 0.25) is 0 Å². The number of nitrogens with two attached hydrogens (primary N) is 1. The number of hydrogen-bond donors (Lipinski definition) is 1. The number of aromatic nitrogens is 3. The second-order valence-corrected chi connectivity index (χ2v) is 9.22. The summed E-state index contributed by atoms with van der Waals surface area (Å²) in [6, 6.07) is 7.44. The van der Waals surface area contributed by atoms with E-state index in [0.717, 1.165) is 18.4 Å². The lowest BCUT2D eigenvalue weighted by atomic mass is 9.81. The van der Waals surface area contributed by atoms with Crippen molar-refractivity contribution in [2.75, 3.05) is 6.61 Å². The zero-order chi connectivity index (χ0) is 24.5. The SMILES string of the molecule is N#Cc1cc(F)cc([C@@H]2CCON2C(=O)[C@H]2CC[C@H](Cn3ncc4ncc(C(N)=O)cc43)CC2)c1. The van der Waals surface area contributed by atoms with E-state index in [4.69, 9.17) is 15.8 Å². The third-order valence-electron chi connectivity index (χ3n) is 6.96. The molecule has 0 radical (unpaired) electrons. The molecule has 180 valence electrons. The normalized spacial score (nSPS) is 22.3. The Balaban J connectivity index is 1.23. The van der Waals surface area contributed by atoms with Crippen molar-refractivity contribution in [1.29, 1.82) is 5.26 Å². The van der Waals surface area contributed by atoms with Gasteiger partial charge in [-0.05, 0) is 61.4 Å². The van der Waals surface area contributed by atoms with E-state index in [1.165, 1.54) is 23.4 Å². The van der Waals surface area contributed by atoms with Crippen LogP contribution in [0, 0.1) is 29.0 Å². The standard InChI is InChI=1S/C25H25FN6O3/c26-20-8-16(11-27)7-18(9-20)22-5-6-35-32(22)25(34)17-3-1-15(2-4-17)14-31-23-10-19(24(28)33)12-29-21(23)13-30-31/h7-10,12-13,15,17,22H,1-6,14H2,(H2,28,33)/t15-,17-,22-/m0/s1. The minimum Gasteiger partial charge on any atom is -0.366 e. The molecule has 1 atom stereocenters. The number of rotatable bonds is 5. The molecule has 2 amide bonds. The van der Waals surface area contributed by atoms with Gasteiger partial charge in [0.05, 0.1) is 41.6 Å². The molecule has 1 aliphatic heterocycles. The van der Waals surface area contributed by atoms with Crippen molar-refractivity contribution in [3.05, 3.63) is 59.2 Å². The molecule has 10 heteroatoms. The average Bonchev–Trinajstić information content (AvgIpc) is 3.51. The van der Waals surface area contributed by atoms with Crippen LogP contribution in [0.3, 0.4) is 0 Å². The first kappa shape index (κ1) is 22.9. The quantitative estimate of drug-likeness (QED) is 0.602. The van der Waals surface area contributed by atoms with Crippen LogP contribution in [0.5, 0.6) is 0 Å². The first-order valence-corrected chi connectivity index (χ1v) is 11.7. The smallest absolute Gasteiger partial charge is 0.250 e. The average molecular weight is 477 g/mol. The van der Waals surface area contributed by atoms with E-state index in [9.17, 15) is 14.0 Å². The van der Waals surface area contributed by atoms with E-state index < -0.39 is 17.8 Å². The summed E-state index contributed by atoms with van der Waals surface area (Å²) in [5, 5.41) is 15.0. The van der Waals surface area contributed by atoms with E-state index in [-0.39, 0.29) is 17.4 Å². The molecule has 3 heterocycles. The molecule has 3 aromatic rings. The topological polar surface area (TPSA) is 127 Å². The molecule has 1 aliphatic carbocycles.